The van der Waals surface area contributed by atoms with Gasteiger partial charge in [-0.15, -0.1) is 0 Å². The summed E-state index contributed by atoms with van der Waals surface area (Å²) in [5.74, 6) is 0.524. The SMILES string of the molecule is CC(C)(C)c1ccc(/C=C2\Oc3cc(OCc4c(F)cccc4Cl)ccc3C2=O)cc1. The molecule has 1 aliphatic rings. The average molecular weight is 437 g/mol. The molecule has 0 N–H and O–H groups in total. The number of carbonyl (C=O) groups excluding carboxylic acids is 1. The molecule has 3 aromatic rings. The van der Waals surface area contributed by atoms with Crippen molar-refractivity contribution in [1.29, 1.82) is 0 Å². The molecular weight excluding hydrogens is 415 g/mol. The van der Waals surface area contributed by atoms with Crippen LogP contribution in [0.15, 0.2) is 66.4 Å². The lowest BCUT2D eigenvalue weighted by molar-refractivity contribution is 0.101. The summed E-state index contributed by atoms with van der Waals surface area (Å²) in [5.41, 5.74) is 2.91. The fourth-order valence-corrected chi connectivity index (χ4v) is 3.53. The molecule has 0 saturated heterocycles. The van der Waals surface area contributed by atoms with Crippen molar-refractivity contribution in [2.75, 3.05) is 0 Å². The van der Waals surface area contributed by atoms with E-state index in [1.54, 1.807) is 36.4 Å². The molecule has 0 amide bonds. The quantitative estimate of drug-likeness (QED) is 0.414. The molecule has 0 aliphatic carbocycles. The van der Waals surface area contributed by atoms with Crippen molar-refractivity contribution in [3.63, 3.8) is 0 Å². The van der Waals surface area contributed by atoms with Gasteiger partial charge in [-0.1, -0.05) is 62.7 Å². The number of hydrogen-bond donors (Lipinski definition) is 0. The summed E-state index contributed by atoms with van der Waals surface area (Å²) in [6.07, 6.45) is 1.73. The van der Waals surface area contributed by atoms with Crippen LogP contribution in [0.1, 0.15) is 47.8 Å². The molecule has 0 atom stereocenters. The van der Waals surface area contributed by atoms with Gasteiger partial charge in [0, 0.05) is 11.6 Å². The van der Waals surface area contributed by atoms with Crippen LogP contribution in [-0.4, -0.2) is 5.78 Å². The largest absolute Gasteiger partial charge is 0.489 e. The number of rotatable bonds is 4. The number of ether oxygens (including phenoxy) is 2. The van der Waals surface area contributed by atoms with E-state index in [2.05, 4.69) is 32.9 Å². The van der Waals surface area contributed by atoms with Crippen molar-refractivity contribution in [2.45, 2.75) is 32.8 Å². The number of allylic oxidation sites excluding steroid dienone is 1. The van der Waals surface area contributed by atoms with E-state index >= 15 is 0 Å². The third-order valence-corrected chi connectivity index (χ3v) is 5.51. The Hall–Kier alpha value is -3.11. The van der Waals surface area contributed by atoms with E-state index in [1.165, 1.54) is 11.6 Å². The molecule has 0 radical (unpaired) electrons. The van der Waals surface area contributed by atoms with Gasteiger partial charge in [-0.2, -0.15) is 0 Å². The number of ketones is 1. The molecule has 3 nitrogen and oxygen atoms in total. The third-order valence-electron chi connectivity index (χ3n) is 5.16. The fourth-order valence-electron chi connectivity index (χ4n) is 3.31. The first-order valence-electron chi connectivity index (χ1n) is 9.97. The molecule has 3 aromatic carbocycles. The molecule has 0 unspecified atom stereocenters. The molecule has 0 fully saturated rings. The normalized spacial score (nSPS) is 14.5. The van der Waals surface area contributed by atoms with E-state index in [4.69, 9.17) is 21.1 Å². The van der Waals surface area contributed by atoms with Crippen LogP contribution in [-0.2, 0) is 12.0 Å². The van der Waals surface area contributed by atoms with Gasteiger partial charge in [-0.25, -0.2) is 4.39 Å². The van der Waals surface area contributed by atoms with Crippen LogP contribution >= 0.6 is 11.6 Å². The second kappa shape index (κ2) is 8.20. The van der Waals surface area contributed by atoms with E-state index < -0.39 is 5.82 Å². The van der Waals surface area contributed by atoms with E-state index in [0.717, 1.165) is 5.56 Å². The molecule has 0 spiro atoms. The monoisotopic (exact) mass is 436 g/mol. The van der Waals surface area contributed by atoms with Gasteiger partial charge < -0.3 is 9.47 Å². The second-order valence-corrected chi connectivity index (χ2v) is 8.87. The molecule has 1 aliphatic heterocycles. The molecule has 0 aromatic heterocycles. The van der Waals surface area contributed by atoms with Crippen molar-refractivity contribution in [3.8, 4) is 11.5 Å². The van der Waals surface area contributed by atoms with Gasteiger partial charge in [-0.3, -0.25) is 4.79 Å². The highest BCUT2D eigenvalue weighted by molar-refractivity contribution is 6.31. The minimum atomic E-state index is -0.428. The van der Waals surface area contributed by atoms with Gasteiger partial charge >= 0.3 is 0 Å². The topological polar surface area (TPSA) is 35.5 Å². The van der Waals surface area contributed by atoms with Crippen LogP contribution < -0.4 is 9.47 Å². The van der Waals surface area contributed by atoms with E-state index in [1.807, 2.05) is 12.1 Å². The summed E-state index contributed by atoms with van der Waals surface area (Å²) in [4.78, 5) is 12.7. The minimum absolute atomic E-state index is 0.0267. The molecule has 158 valence electrons. The molecule has 0 bridgehead atoms. The molecule has 0 saturated carbocycles. The van der Waals surface area contributed by atoms with E-state index in [9.17, 15) is 9.18 Å². The van der Waals surface area contributed by atoms with Crippen LogP contribution in [0.3, 0.4) is 0 Å². The molecule has 31 heavy (non-hydrogen) atoms. The van der Waals surface area contributed by atoms with Gasteiger partial charge in [0.15, 0.2) is 5.76 Å². The maximum atomic E-state index is 13.9. The first kappa shape index (κ1) is 21.1. The van der Waals surface area contributed by atoms with Gasteiger partial charge in [-0.05, 0) is 46.9 Å². The molecule has 5 heteroatoms. The van der Waals surface area contributed by atoms with Gasteiger partial charge in [0.2, 0.25) is 5.78 Å². The summed E-state index contributed by atoms with van der Waals surface area (Å²) in [6, 6.07) is 17.5. The summed E-state index contributed by atoms with van der Waals surface area (Å²) in [6.45, 7) is 6.43. The maximum Gasteiger partial charge on any atom is 0.231 e. The summed E-state index contributed by atoms with van der Waals surface area (Å²) >= 11 is 6.04. The Morgan fingerprint density at radius 1 is 1.06 bits per heavy atom. The van der Waals surface area contributed by atoms with Crippen molar-refractivity contribution in [3.05, 3.63) is 99.5 Å². The van der Waals surface area contributed by atoms with Crippen LogP contribution in [0, 0.1) is 5.82 Å². The van der Waals surface area contributed by atoms with Crippen molar-refractivity contribution >= 4 is 23.5 Å². The predicted octanol–water partition coefficient (Wildman–Crippen LogP) is 6.97. The number of Topliss-reactive ketones (excluding diaryl/α,β-unsaturated/α-hetero) is 1. The Bertz CT molecular complexity index is 1150. The second-order valence-electron chi connectivity index (χ2n) is 8.46. The molecule has 1 heterocycles. The highest BCUT2D eigenvalue weighted by atomic mass is 35.5. The summed E-state index contributed by atoms with van der Waals surface area (Å²) in [5, 5.41) is 0.301. The highest BCUT2D eigenvalue weighted by Crippen LogP contribution is 2.35. The number of fused-ring (bicyclic) bond motifs is 1. The van der Waals surface area contributed by atoms with Crippen molar-refractivity contribution < 1.29 is 18.7 Å². The summed E-state index contributed by atoms with van der Waals surface area (Å²) < 4.78 is 25.4. The number of carbonyl (C=O) groups is 1. The van der Waals surface area contributed by atoms with Crippen LogP contribution in [0.2, 0.25) is 5.02 Å². The fraction of sp³-hybridized carbons (Fsp3) is 0.192. The number of hydrogen-bond acceptors (Lipinski definition) is 3. The predicted molar refractivity (Wildman–Crippen MR) is 120 cm³/mol. The zero-order valence-electron chi connectivity index (χ0n) is 17.5. The number of benzene rings is 3. The highest BCUT2D eigenvalue weighted by Gasteiger charge is 2.28. The molecule has 4 rings (SSSR count). The zero-order valence-corrected chi connectivity index (χ0v) is 18.3. The standard InChI is InChI=1S/C26H22ClFO3/c1-26(2,3)17-9-7-16(8-10-17)13-24-25(29)19-12-11-18(14-23(19)31-24)30-15-20-21(27)5-4-6-22(20)28/h4-14H,15H2,1-3H3/b24-13-. The van der Waals surface area contributed by atoms with Crippen LogP contribution in [0.4, 0.5) is 4.39 Å². The van der Waals surface area contributed by atoms with E-state index in [-0.39, 0.29) is 29.1 Å². The minimum Gasteiger partial charge on any atom is -0.489 e. The Labute approximate surface area is 186 Å². The van der Waals surface area contributed by atoms with Crippen molar-refractivity contribution in [1.82, 2.24) is 0 Å². The Morgan fingerprint density at radius 3 is 2.48 bits per heavy atom. The molecular formula is C26H22ClFO3. The lowest BCUT2D eigenvalue weighted by Gasteiger charge is -2.18. The number of halogens is 2. The Balaban J connectivity index is 1.51. The third kappa shape index (κ3) is 4.49. The van der Waals surface area contributed by atoms with Crippen LogP contribution in [0.5, 0.6) is 11.5 Å². The summed E-state index contributed by atoms with van der Waals surface area (Å²) in [7, 11) is 0. The Kier molecular flexibility index (Phi) is 5.59. The first-order chi connectivity index (χ1) is 14.7. The average Bonchev–Trinajstić information content (AvgIpc) is 3.02. The van der Waals surface area contributed by atoms with E-state index in [0.29, 0.717) is 22.1 Å². The maximum absolute atomic E-state index is 13.9. The lowest BCUT2D eigenvalue weighted by Crippen LogP contribution is -2.10. The smallest absolute Gasteiger partial charge is 0.231 e. The van der Waals surface area contributed by atoms with Crippen molar-refractivity contribution in [2.24, 2.45) is 0 Å². The van der Waals surface area contributed by atoms with Gasteiger partial charge in [0.25, 0.3) is 0 Å². The van der Waals surface area contributed by atoms with Crippen LogP contribution in [0.25, 0.3) is 6.08 Å². The Morgan fingerprint density at radius 2 is 1.81 bits per heavy atom. The van der Waals surface area contributed by atoms with Gasteiger partial charge in [0.1, 0.15) is 23.9 Å². The van der Waals surface area contributed by atoms with Gasteiger partial charge in [0.05, 0.1) is 10.6 Å². The zero-order chi connectivity index (χ0) is 22.2. The lowest BCUT2D eigenvalue weighted by atomic mass is 9.86. The first-order valence-corrected chi connectivity index (χ1v) is 10.3.